The lowest BCUT2D eigenvalue weighted by atomic mass is 10.1. The maximum atomic E-state index is 12.0. The Bertz CT molecular complexity index is 714. The van der Waals surface area contributed by atoms with Gasteiger partial charge in [-0.05, 0) is 35.8 Å². The smallest absolute Gasteiger partial charge is 0.341 e. The van der Waals surface area contributed by atoms with Crippen molar-refractivity contribution in [1.29, 1.82) is 0 Å². The van der Waals surface area contributed by atoms with Crippen molar-refractivity contribution in [3.63, 3.8) is 0 Å². The second-order valence-corrected chi connectivity index (χ2v) is 5.12. The highest BCUT2D eigenvalue weighted by molar-refractivity contribution is 9.10. The van der Waals surface area contributed by atoms with Crippen LogP contribution in [0.1, 0.15) is 23.0 Å². The number of pyridine rings is 1. The van der Waals surface area contributed by atoms with Crippen LogP contribution in [-0.2, 0) is 4.74 Å². The van der Waals surface area contributed by atoms with Gasteiger partial charge in [0, 0.05) is 15.9 Å². The maximum Gasteiger partial charge on any atom is 0.341 e. The summed E-state index contributed by atoms with van der Waals surface area (Å²) in [5.41, 5.74) is 1.80. The molecule has 0 atom stereocenters. The Morgan fingerprint density at radius 3 is 2.80 bits per heavy atom. The molecular weight excluding hydrogens is 326 g/mol. The van der Waals surface area contributed by atoms with Gasteiger partial charge >= 0.3 is 5.97 Å². The molecule has 1 aliphatic rings. The van der Waals surface area contributed by atoms with Gasteiger partial charge in [-0.15, -0.1) is 0 Å². The molecule has 0 amide bonds. The fourth-order valence-corrected chi connectivity index (χ4v) is 2.94. The first-order valence-electron chi connectivity index (χ1n) is 6.18. The molecule has 104 valence electrons. The number of aryl methyl sites for hydroxylation is 1. The van der Waals surface area contributed by atoms with Crippen LogP contribution in [0.4, 0.5) is 0 Å². The van der Waals surface area contributed by atoms with E-state index in [4.69, 9.17) is 14.2 Å². The predicted octanol–water partition coefficient (Wildman–Crippen LogP) is 3.21. The third-order valence-corrected chi connectivity index (χ3v) is 3.90. The lowest BCUT2D eigenvalue weighted by molar-refractivity contribution is 0.0524. The summed E-state index contributed by atoms with van der Waals surface area (Å²) in [4.78, 5) is 16.5. The number of hydrogen-bond acceptors (Lipinski definition) is 5. The van der Waals surface area contributed by atoms with Gasteiger partial charge in [-0.1, -0.05) is 0 Å². The van der Waals surface area contributed by atoms with Gasteiger partial charge in [-0.2, -0.15) is 0 Å². The molecule has 0 N–H and O–H groups in total. The Hall–Kier alpha value is -1.82. The third kappa shape index (κ3) is 2.00. The number of halogens is 1. The molecule has 2 aromatic rings. The summed E-state index contributed by atoms with van der Waals surface area (Å²) in [6.07, 6.45) is 0. The molecule has 0 saturated carbocycles. The molecule has 0 radical (unpaired) electrons. The standard InChI is InChI=1S/C14H12BrNO4/c1-3-18-14(17)12-7(2)16-9-5-11-10(19-6-20-11)4-8(9)13(12)15/h4-5H,3,6H2,1-2H3. The zero-order valence-corrected chi connectivity index (χ0v) is 12.6. The SMILES string of the molecule is CCOC(=O)c1c(C)nc2cc3c(cc2c1Br)OCO3. The highest BCUT2D eigenvalue weighted by atomic mass is 79.9. The van der Waals surface area contributed by atoms with Crippen LogP contribution in [0.25, 0.3) is 10.9 Å². The highest BCUT2D eigenvalue weighted by Crippen LogP contribution is 2.39. The second kappa shape index (κ2) is 4.94. The molecule has 1 aromatic heterocycles. The van der Waals surface area contributed by atoms with Gasteiger partial charge in [-0.25, -0.2) is 4.79 Å². The van der Waals surface area contributed by atoms with E-state index in [1.54, 1.807) is 13.8 Å². The molecule has 20 heavy (non-hydrogen) atoms. The van der Waals surface area contributed by atoms with Gasteiger partial charge in [0.2, 0.25) is 6.79 Å². The van der Waals surface area contributed by atoms with E-state index in [-0.39, 0.29) is 12.8 Å². The minimum atomic E-state index is -0.385. The number of benzene rings is 1. The summed E-state index contributed by atoms with van der Waals surface area (Å²) >= 11 is 3.47. The fraction of sp³-hybridized carbons (Fsp3) is 0.286. The normalized spacial score (nSPS) is 12.8. The van der Waals surface area contributed by atoms with Crippen molar-refractivity contribution in [2.75, 3.05) is 13.4 Å². The van der Waals surface area contributed by atoms with E-state index in [2.05, 4.69) is 20.9 Å². The molecule has 0 bridgehead atoms. The van der Waals surface area contributed by atoms with Crippen LogP contribution in [0, 0.1) is 6.92 Å². The summed E-state index contributed by atoms with van der Waals surface area (Å²) in [5, 5.41) is 0.794. The Labute approximate surface area is 124 Å². The number of aromatic nitrogens is 1. The number of nitrogens with zero attached hydrogens (tertiary/aromatic N) is 1. The molecule has 0 fully saturated rings. The predicted molar refractivity (Wildman–Crippen MR) is 76.3 cm³/mol. The van der Waals surface area contributed by atoms with Gasteiger partial charge in [-0.3, -0.25) is 4.98 Å². The number of hydrogen-bond donors (Lipinski definition) is 0. The van der Waals surface area contributed by atoms with Crippen LogP contribution >= 0.6 is 15.9 Å². The fourth-order valence-electron chi connectivity index (χ4n) is 2.17. The third-order valence-electron chi connectivity index (χ3n) is 3.08. The summed E-state index contributed by atoms with van der Waals surface area (Å²) in [6.45, 7) is 4.07. The molecular formula is C14H12BrNO4. The van der Waals surface area contributed by atoms with Crippen molar-refractivity contribution < 1.29 is 19.0 Å². The topological polar surface area (TPSA) is 57.7 Å². The number of esters is 1. The lowest BCUT2D eigenvalue weighted by Gasteiger charge is -2.10. The van der Waals surface area contributed by atoms with E-state index < -0.39 is 0 Å². The van der Waals surface area contributed by atoms with Crippen molar-refractivity contribution in [3.05, 3.63) is 27.9 Å². The maximum absolute atomic E-state index is 12.0. The van der Waals surface area contributed by atoms with Crippen molar-refractivity contribution in [2.45, 2.75) is 13.8 Å². The van der Waals surface area contributed by atoms with Crippen LogP contribution in [0.15, 0.2) is 16.6 Å². The van der Waals surface area contributed by atoms with Crippen LogP contribution < -0.4 is 9.47 Å². The summed E-state index contributed by atoms with van der Waals surface area (Å²) < 4.78 is 16.4. The first-order chi connectivity index (χ1) is 9.61. The largest absolute Gasteiger partial charge is 0.462 e. The number of carbonyl (C=O) groups is 1. The molecule has 0 spiro atoms. The molecule has 1 aliphatic heterocycles. The second-order valence-electron chi connectivity index (χ2n) is 4.33. The van der Waals surface area contributed by atoms with Crippen LogP contribution in [0.2, 0.25) is 0 Å². The summed E-state index contributed by atoms with van der Waals surface area (Å²) in [6, 6.07) is 3.63. The van der Waals surface area contributed by atoms with Crippen molar-refractivity contribution in [1.82, 2.24) is 4.98 Å². The Balaban J connectivity index is 2.23. The van der Waals surface area contributed by atoms with Crippen LogP contribution in [0.5, 0.6) is 11.5 Å². The van der Waals surface area contributed by atoms with E-state index in [1.165, 1.54) is 0 Å². The van der Waals surface area contributed by atoms with E-state index in [1.807, 2.05) is 12.1 Å². The molecule has 3 rings (SSSR count). The Morgan fingerprint density at radius 1 is 1.40 bits per heavy atom. The van der Waals surface area contributed by atoms with Gasteiger partial charge in [0.25, 0.3) is 0 Å². The quantitative estimate of drug-likeness (QED) is 0.787. The van der Waals surface area contributed by atoms with Gasteiger partial charge in [0.15, 0.2) is 11.5 Å². The number of fused-ring (bicyclic) bond motifs is 2. The van der Waals surface area contributed by atoms with E-state index in [0.29, 0.717) is 33.8 Å². The number of carbonyl (C=O) groups excluding carboxylic acids is 1. The molecule has 1 aromatic carbocycles. The first kappa shape index (κ1) is 13.2. The van der Waals surface area contributed by atoms with E-state index in [9.17, 15) is 4.79 Å². The molecule has 2 heterocycles. The van der Waals surface area contributed by atoms with Gasteiger partial charge in [0.05, 0.1) is 23.4 Å². The highest BCUT2D eigenvalue weighted by Gasteiger charge is 2.22. The Kier molecular flexibility index (Phi) is 3.25. The first-order valence-corrected chi connectivity index (χ1v) is 6.97. The molecule has 0 aliphatic carbocycles. The van der Waals surface area contributed by atoms with Crippen molar-refractivity contribution >= 4 is 32.8 Å². The zero-order chi connectivity index (χ0) is 14.3. The van der Waals surface area contributed by atoms with E-state index >= 15 is 0 Å². The minimum Gasteiger partial charge on any atom is -0.462 e. The monoisotopic (exact) mass is 337 g/mol. The molecule has 5 nitrogen and oxygen atoms in total. The minimum absolute atomic E-state index is 0.201. The Morgan fingerprint density at radius 2 is 2.10 bits per heavy atom. The zero-order valence-electron chi connectivity index (χ0n) is 11.0. The lowest BCUT2D eigenvalue weighted by Crippen LogP contribution is -2.09. The van der Waals surface area contributed by atoms with Crippen molar-refractivity contribution in [2.24, 2.45) is 0 Å². The number of rotatable bonds is 2. The van der Waals surface area contributed by atoms with Crippen LogP contribution in [0.3, 0.4) is 0 Å². The average molecular weight is 338 g/mol. The van der Waals surface area contributed by atoms with Gasteiger partial charge < -0.3 is 14.2 Å². The number of ether oxygens (including phenoxy) is 3. The van der Waals surface area contributed by atoms with Crippen molar-refractivity contribution in [3.8, 4) is 11.5 Å². The van der Waals surface area contributed by atoms with Gasteiger partial charge in [0.1, 0.15) is 0 Å². The summed E-state index contributed by atoms with van der Waals surface area (Å²) in [5.74, 6) is 0.933. The molecule has 6 heteroatoms. The van der Waals surface area contributed by atoms with E-state index in [0.717, 1.165) is 10.9 Å². The van der Waals surface area contributed by atoms with Crippen LogP contribution in [-0.4, -0.2) is 24.4 Å². The average Bonchev–Trinajstić information content (AvgIpc) is 2.84. The molecule has 0 unspecified atom stereocenters. The summed E-state index contributed by atoms with van der Waals surface area (Å²) in [7, 11) is 0. The molecule has 0 saturated heterocycles.